The van der Waals surface area contributed by atoms with Gasteiger partial charge < -0.3 is 10.6 Å². The van der Waals surface area contributed by atoms with Crippen molar-refractivity contribution in [3.8, 4) is 0 Å². The number of likely N-dealkylation sites (N-methyl/N-ethyl adjacent to an activating group) is 1. The lowest BCUT2D eigenvalue weighted by molar-refractivity contribution is -0.128. The van der Waals surface area contributed by atoms with Crippen LogP contribution in [-0.2, 0) is 16.0 Å². The van der Waals surface area contributed by atoms with Crippen LogP contribution in [0.15, 0.2) is 29.2 Å². The van der Waals surface area contributed by atoms with Gasteiger partial charge in [-0.2, -0.15) is 0 Å². The van der Waals surface area contributed by atoms with Gasteiger partial charge in [0.05, 0.1) is 6.42 Å². The molecule has 1 aromatic carbocycles. The molecular formula is C12H16N2O2S. The molecular weight excluding hydrogens is 236 g/mol. The Morgan fingerprint density at radius 3 is 2.41 bits per heavy atom. The van der Waals surface area contributed by atoms with E-state index in [0.717, 1.165) is 10.5 Å². The molecule has 0 aliphatic heterocycles. The van der Waals surface area contributed by atoms with Gasteiger partial charge in [-0.15, -0.1) is 12.6 Å². The number of carbonyl (C=O) groups excluding carboxylic acids is 2. The van der Waals surface area contributed by atoms with Crippen LogP contribution in [0.2, 0.25) is 0 Å². The van der Waals surface area contributed by atoms with Crippen molar-refractivity contribution in [2.24, 2.45) is 0 Å². The number of carbonyl (C=O) groups is 2. The predicted octanol–water partition coefficient (Wildman–Crippen LogP) is 0.768. The van der Waals surface area contributed by atoms with E-state index >= 15 is 0 Å². The predicted molar refractivity (Wildman–Crippen MR) is 69.1 cm³/mol. The molecule has 0 fully saturated rings. The van der Waals surface area contributed by atoms with Gasteiger partial charge in [0.15, 0.2) is 0 Å². The lowest BCUT2D eigenvalue weighted by Crippen LogP contribution is -2.44. The summed E-state index contributed by atoms with van der Waals surface area (Å²) in [5.74, 6) is -0.378. The largest absolute Gasteiger partial charge is 0.357 e. The molecule has 4 nitrogen and oxygen atoms in total. The van der Waals surface area contributed by atoms with E-state index in [0.29, 0.717) is 0 Å². The van der Waals surface area contributed by atoms with Crippen molar-refractivity contribution in [2.45, 2.75) is 24.3 Å². The van der Waals surface area contributed by atoms with Crippen LogP contribution >= 0.6 is 12.6 Å². The number of nitrogens with one attached hydrogen (secondary N) is 2. The number of hydrogen-bond donors (Lipinski definition) is 3. The molecule has 0 radical (unpaired) electrons. The maximum absolute atomic E-state index is 11.6. The second-order valence-corrected chi connectivity index (χ2v) is 4.26. The first-order valence-corrected chi connectivity index (χ1v) is 5.76. The van der Waals surface area contributed by atoms with E-state index in [9.17, 15) is 9.59 Å². The van der Waals surface area contributed by atoms with Crippen molar-refractivity contribution in [1.82, 2.24) is 10.6 Å². The lowest BCUT2D eigenvalue weighted by atomic mass is 10.1. The SMILES string of the molecule is CNC(=O)C(C)NC(=O)Cc1ccc(S)cc1. The Labute approximate surface area is 106 Å². The maximum Gasteiger partial charge on any atom is 0.242 e. The minimum atomic E-state index is -0.517. The van der Waals surface area contributed by atoms with Gasteiger partial charge in [0.2, 0.25) is 11.8 Å². The van der Waals surface area contributed by atoms with Gasteiger partial charge in [-0.3, -0.25) is 9.59 Å². The van der Waals surface area contributed by atoms with Crippen LogP contribution in [-0.4, -0.2) is 24.9 Å². The summed E-state index contributed by atoms with van der Waals surface area (Å²) < 4.78 is 0. The number of rotatable bonds is 4. The Hall–Kier alpha value is -1.49. The van der Waals surface area contributed by atoms with Gasteiger partial charge >= 0.3 is 0 Å². The van der Waals surface area contributed by atoms with E-state index in [-0.39, 0.29) is 18.2 Å². The minimum absolute atomic E-state index is 0.173. The Morgan fingerprint density at radius 2 is 1.88 bits per heavy atom. The minimum Gasteiger partial charge on any atom is -0.357 e. The summed E-state index contributed by atoms with van der Waals surface area (Å²) in [7, 11) is 1.54. The molecule has 2 amide bonds. The highest BCUT2D eigenvalue weighted by molar-refractivity contribution is 7.80. The summed E-state index contributed by atoms with van der Waals surface area (Å²) in [6.45, 7) is 1.65. The molecule has 0 spiro atoms. The molecule has 1 atom stereocenters. The molecule has 0 aliphatic carbocycles. The second kappa shape index (κ2) is 6.30. The molecule has 1 unspecified atom stereocenters. The Kier molecular flexibility index (Phi) is 5.03. The van der Waals surface area contributed by atoms with E-state index in [2.05, 4.69) is 23.3 Å². The highest BCUT2D eigenvalue weighted by Gasteiger charge is 2.13. The third-order valence-corrected chi connectivity index (χ3v) is 2.62. The van der Waals surface area contributed by atoms with E-state index in [4.69, 9.17) is 0 Å². The zero-order chi connectivity index (χ0) is 12.8. The molecule has 0 saturated heterocycles. The number of thiol groups is 1. The number of hydrogen-bond acceptors (Lipinski definition) is 3. The highest BCUT2D eigenvalue weighted by atomic mass is 32.1. The smallest absolute Gasteiger partial charge is 0.242 e. The molecule has 0 aliphatic rings. The fraction of sp³-hybridized carbons (Fsp3) is 0.333. The molecule has 1 aromatic rings. The van der Waals surface area contributed by atoms with E-state index in [1.807, 2.05) is 24.3 Å². The van der Waals surface area contributed by atoms with Crippen LogP contribution in [0.4, 0.5) is 0 Å². The molecule has 1 rings (SSSR count). The summed E-state index contributed by atoms with van der Waals surface area (Å²) in [6, 6.07) is 6.82. The van der Waals surface area contributed by atoms with Gasteiger partial charge in [0.25, 0.3) is 0 Å². The summed E-state index contributed by atoms with van der Waals surface area (Å²) in [4.78, 5) is 23.7. The maximum atomic E-state index is 11.6. The van der Waals surface area contributed by atoms with E-state index < -0.39 is 6.04 Å². The quantitative estimate of drug-likeness (QED) is 0.693. The van der Waals surface area contributed by atoms with Crippen LogP contribution in [0.1, 0.15) is 12.5 Å². The van der Waals surface area contributed by atoms with Gasteiger partial charge in [0.1, 0.15) is 6.04 Å². The highest BCUT2D eigenvalue weighted by Crippen LogP contribution is 2.08. The number of amides is 2. The van der Waals surface area contributed by atoms with Crippen molar-refractivity contribution in [1.29, 1.82) is 0 Å². The normalized spacial score (nSPS) is 11.7. The molecule has 0 heterocycles. The van der Waals surface area contributed by atoms with Crippen molar-refractivity contribution in [3.05, 3.63) is 29.8 Å². The summed E-state index contributed by atoms with van der Waals surface area (Å²) >= 11 is 4.16. The Bertz CT molecular complexity index is 403. The second-order valence-electron chi connectivity index (χ2n) is 3.75. The third kappa shape index (κ3) is 4.48. The lowest BCUT2D eigenvalue weighted by Gasteiger charge is -2.12. The molecule has 0 saturated carbocycles. The fourth-order valence-electron chi connectivity index (χ4n) is 1.37. The molecule has 92 valence electrons. The van der Waals surface area contributed by atoms with Crippen LogP contribution in [0.3, 0.4) is 0 Å². The molecule has 0 aromatic heterocycles. The van der Waals surface area contributed by atoms with E-state index in [1.165, 1.54) is 7.05 Å². The Balaban J connectivity index is 2.50. The van der Waals surface area contributed by atoms with Crippen molar-refractivity contribution in [3.63, 3.8) is 0 Å². The van der Waals surface area contributed by atoms with E-state index in [1.54, 1.807) is 6.92 Å². The summed E-state index contributed by atoms with van der Waals surface area (Å²) in [5, 5.41) is 5.10. The third-order valence-electron chi connectivity index (χ3n) is 2.32. The van der Waals surface area contributed by atoms with Gasteiger partial charge in [-0.1, -0.05) is 12.1 Å². The average molecular weight is 252 g/mol. The zero-order valence-corrected chi connectivity index (χ0v) is 10.8. The van der Waals surface area contributed by atoms with Gasteiger partial charge in [-0.05, 0) is 24.6 Å². The van der Waals surface area contributed by atoms with Crippen LogP contribution < -0.4 is 10.6 Å². The molecule has 0 bridgehead atoms. The average Bonchev–Trinajstić information content (AvgIpc) is 2.30. The van der Waals surface area contributed by atoms with Crippen molar-refractivity contribution >= 4 is 24.4 Å². The van der Waals surface area contributed by atoms with Gasteiger partial charge in [0, 0.05) is 11.9 Å². The first kappa shape index (κ1) is 13.6. The molecule has 2 N–H and O–H groups in total. The standard InChI is InChI=1S/C12H16N2O2S/c1-8(12(16)13-2)14-11(15)7-9-3-5-10(17)6-4-9/h3-6,8,17H,7H2,1-2H3,(H,13,16)(H,14,15). The topological polar surface area (TPSA) is 58.2 Å². The first-order valence-electron chi connectivity index (χ1n) is 5.32. The van der Waals surface area contributed by atoms with Gasteiger partial charge in [-0.25, -0.2) is 0 Å². The van der Waals surface area contributed by atoms with Crippen LogP contribution in [0.25, 0.3) is 0 Å². The monoisotopic (exact) mass is 252 g/mol. The summed E-state index contributed by atoms with van der Waals surface area (Å²) in [5.41, 5.74) is 0.893. The zero-order valence-electron chi connectivity index (χ0n) is 9.86. The number of benzene rings is 1. The first-order chi connectivity index (χ1) is 8.02. The molecule has 17 heavy (non-hydrogen) atoms. The fourth-order valence-corrected chi connectivity index (χ4v) is 1.52. The molecule has 5 heteroatoms. The van der Waals surface area contributed by atoms with Crippen molar-refractivity contribution < 1.29 is 9.59 Å². The Morgan fingerprint density at radius 1 is 1.29 bits per heavy atom. The summed E-state index contributed by atoms with van der Waals surface area (Å²) in [6.07, 6.45) is 0.259. The van der Waals surface area contributed by atoms with Crippen molar-refractivity contribution in [2.75, 3.05) is 7.05 Å². The van der Waals surface area contributed by atoms with Crippen LogP contribution in [0.5, 0.6) is 0 Å². The van der Waals surface area contributed by atoms with Crippen LogP contribution in [0, 0.1) is 0 Å².